The fourth-order valence-corrected chi connectivity index (χ4v) is 1.29. The van der Waals surface area contributed by atoms with E-state index < -0.39 is 0 Å². The Labute approximate surface area is 96.3 Å². The van der Waals surface area contributed by atoms with E-state index in [4.69, 9.17) is 5.73 Å². The number of nitrogens with zero attached hydrogens (tertiary/aromatic N) is 1. The summed E-state index contributed by atoms with van der Waals surface area (Å²) in [6, 6.07) is 5.41. The van der Waals surface area contributed by atoms with Gasteiger partial charge in [0.2, 0.25) is 5.91 Å². The highest BCUT2D eigenvalue weighted by Gasteiger charge is 2.19. The van der Waals surface area contributed by atoms with Gasteiger partial charge in [-0.15, -0.1) is 0 Å². The number of carbonyl (C=O) groups is 1. The minimum Gasteiger partial charge on any atom is -0.348 e. The molecule has 3 atom stereocenters. The highest BCUT2D eigenvalue weighted by atomic mass is 16.1. The third-order valence-electron chi connectivity index (χ3n) is 2.69. The van der Waals surface area contributed by atoms with Crippen LogP contribution in [0.1, 0.15) is 32.5 Å². The van der Waals surface area contributed by atoms with E-state index >= 15 is 0 Å². The third-order valence-corrected chi connectivity index (χ3v) is 2.69. The quantitative estimate of drug-likeness (QED) is 0.803. The highest BCUT2D eigenvalue weighted by Crippen LogP contribution is 2.10. The molecule has 4 heteroatoms. The number of aromatic nitrogens is 1. The molecule has 1 aromatic rings. The molecule has 1 amide bonds. The summed E-state index contributed by atoms with van der Waals surface area (Å²) in [5.74, 6) is -0.223. The van der Waals surface area contributed by atoms with Crippen LogP contribution < -0.4 is 11.1 Å². The molecule has 0 saturated carbocycles. The van der Waals surface area contributed by atoms with Crippen molar-refractivity contribution in [2.75, 3.05) is 0 Å². The lowest BCUT2D eigenvalue weighted by Crippen LogP contribution is -2.39. The van der Waals surface area contributed by atoms with E-state index in [-0.39, 0.29) is 23.9 Å². The van der Waals surface area contributed by atoms with Gasteiger partial charge in [-0.25, -0.2) is 0 Å². The van der Waals surface area contributed by atoms with Crippen molar-refractivity contribution in [3.63, 3.8) is 0 Å². The summed E-state index contributed by atoms with van der Waals surface area (Å²) in [6.45, 7) is 5.56. The largest absolute Gasteiger partial charge is 0.348 e. The zero-order valence-electron chi connectivity index (χ0n) is 9.97. The van der Waals surface area contributed by atoms with E-state index in [9.17, 15) is 4.79 Å². The fraction of sp³-hybridized carbons (Fsp3) is 0.500. The van der Waals surface area contributed by atoms with Crippen LogP contribution in [0.5, 0.6) is 0 Å². The molecule has 4 nitrogen and oxygen atoms in total. The number of amides is 1. The van der Waals surface area contributed by atoms with Crippen LogP contribution in [0.2, 0.25) is 0 Å². The SMILES string of the molecule is CC(N)C(C)C(=O)N[C@@H](C)c1ccccn1. The molecule has 3 N–H and O–H groups in total. The zero-order chi connectivity index (χ0) is 12.1. The third kappa shape index (κ3) is 3.31. The number of rotatable bonds is 4. The Morgan fingerprint density at radius 1 is 1.38 bits per heavy atom. The number of carbonyl (C=O) groups excluding carboxylic acids is 1. The summed E-state index contributed by atoms with van der Waals surface area (Å²) in [5, 5.41) is 2.90. The van der Waals surface area contributed by atoms with E-state index in [1.807, 2.05) is 39.0 Å². The Hall–Kier alpha value is -1.42. The van der Waals surface area contributed by atoms with Crippen molar-refractivity contribution in [3.05, 3.63) is 30.1 Å². The molecule has 0 saturated heterocycles. The minimum absolute atomic E-state index is 0.0341. The summed E-state index contributed by atoms with van der Waals surface area (Å²) in [5.41, 5.74) is 6.53. The van der Waals surface area contributed by atoms with Crippen molar-refractivity contribution in [2.24, 2.45) is 11.7 Å². The van der Waals surface area contributed by atoms with Crippen LogP contribution in [0, 0.1) is 5.92 Å². The number of pyridine rings is 1. The van der Waals surface area contributed by atoms with Gasteiger partial charge in [-0.3, -0.25) is 9.78 Å². The van der Waals surface area contributed by atoms with Gasteiger partial charge in [0, 0.05) is 18.2 Å². The van der Waals surface area contributed by atoms with Crippen molar-refractivity contribution in [1.29, 1.82) is 0 Å². The lowest BCUT2D eigenvalue weighted by atomic mass is 10.0. The van der Waals surface area contributed by atoms with Gasteiger partial charge in [-0.05, 0) is 26.0 Å². The molecular weight excluding hydrogens is 202 g/mol. The van der Waals surface area contributed by atoms with Crippen LogP contribution in [-0.2, 0) is 4.79 Å². The molecule has 0 aliphatic rings. The Balaban J connectivity index is 2.58. The topological polar surface area (TPSA) is 68.0 Å². The summed E-state index contributed by atoms with van der Waals surface area (Å²) >= 11 is 0. The molecule has 0 aliphatic carbocycles. The standard InChI is InChI=1S/C12H19N3O/c1-8(9(2)13)12(16)15-10(3)11-6-4-5-7-14-11/h4-10H,13H2,1-3H3,(H,15,16)/t8?,9?,10-/m0/s1. The average molecular weight is 221 g/mol. The molecule has 0 spiro atoms. The lowest BCUT2D eigenvalue weighted by Gasteiger charge is -2.19. The molecule has 0 aromatic carbocycles. The van der Waals surface area contributed by atoms with Crippen molar-refractivity contribution in [2.45, 2.75) is 32.9 Å². The first kappa shape index (κ1) is 12.6. The van der Waals surface area contributed by atoms with E-state index in [1.54, 1.807) is 6.20 Å². The van der Waals surface area contributed by atoms with Crippen molar-refractivity contribution in [3.8, 4) is 0 Å². The van der Waals surface area contributed by atoms with Crippen molar-refractivity contribution >= 4 is 5.91 Å². The van der Waals surface area contributed by atoms with Crippen LogP contribution in [0.15, 0.2) is 24.4 Å². The Bertz CT molecular complexity index is 337. The number of hydrogen-bond acceptors (Lipinski definition) is 3. The van der Waals surface area contributed by atoms with Gasteiger partial charge in [0.15, 0.2) is 0 Å². The van der Waals surface area contributed by atoms with Gasteiger partial charge < -0.3 is 11.1 Å². The second-order valence-corrected chi connectivity index (χ2v) is 4.13. The first-order valence-corrected chi connectivity index (χ1v) is 5.49. The van der Waals surface area contributed by atoms with Crippen LogP contribution in [0.25, 0.3) is 0 Å². The summed E-state index contributed by atoms with van der Waals surface area (Å²) in [6.07, 6.45) is 1.72. The van der Waals surface area contributed by atoms with Crippen LogP contribution in [0.4, 0.5) is 0 Å². The second-order valence-electron chi connectivity index (χ2n) is 4.13. The summed E-state index contributed by atoms with van der Waals surface area (Å²) in [7, 11) is 0. The second kappa shape index (κ2) is 5.61. The molecule has 0 fully saturated rings. The molecule has 1 rings (SSSR count). The Morgan fingerprint density at radius 2 is 2.06 bits per heavy atom. The molecule has 1 heterocycles. The lowest BCUT2D eigenvalue weighted by molar-refractivity contribution is -0.125. The maximum Gasteiger partial charge on any atom is 0.224 e. The highest BCUT2D eigenvalue weighted by molar-refractivity contribution is 5.79. The van der Waals surface area contributed by atoms with Gasteiger partial charge in [0.05, 0.1) is 11.7 Å². The maximum absolute atomic E-state index is 11.7. The normalized spacial score (nSPS) is 16.2. The molecular formula is C12H19N3O. The van der Waals surface area contributed by atoms with Gasteiger partial charge in [0.1, 0.15) is 0 Å². The Kier molecular flexibility index (Phi) is 4.43. The molecule has 88 valence electrons. The molecule has 0 bridgehead atoms. The van der Waals surface area contributed by atoms with E-state index in [2.05, 4.69) is 10.3 Å². The number of nitrogens with two attached hydrogens (primary N) is 1. The van der Waals surface area contributed by atoms with E-state index in [0.29, 0.717) is 0 Å². The Morgan fingerprint density at radius 3 is 2.56 bits per heavy atom. The minimum atomic E-state index is -0.189. The predicted octanol–water partition coefficient (Wildman–Crippen LogP) is 1.24. The molecule has 1 aromatic heterocycles. The van der Waals surface area contributed by atoms with Crippen LogP contribution >= 0.6 is 0 Å². The molecule has 0 aliphatic heterocycles. The number of nitrogens with one attached hydrogen (secondary N) is 1. The van der Waals surface area contributed by atoms with Crippen molar-refractivity contribution in [1.82, 2.24) is 10.3 Å². The van der Waals surface area contributed by atoms with Gasteiger partial charge in [-0.1, -0.05) is 13.0 Å². The van der Waals surface area contributed by atoms with Gasteiger partial charge >= 0.3 is 0 Å². The maximum atomic E-state index is 11.7. The zero-order valence-corrected chi connectivity index (χ0v) is 9.97. The summed E-state index contributed by atoms with van der Waals surface area (Å²) < 4.78 is 0. The smallest absolute Gasteiger partial charge is 0.224 e. The number of hydrogen-bond donors (Lipinski definition) is 2. The fourth-order valence-electron chi connectivity index (χ4n) is 1.29. The van der Waals surface area contributed by atoms with Crippen LogP contribution in [0.3, 0.4) is 0 Å². The molecule has 2 unspecified atom stereocenters. The van der Waals surface area contributed by atoms with Crippen molar-refractivity contribution < 1.29 is 4.79 Å². The summed E-state index contributed by atoms with van der Waals surface area (Å²) in [4.78, 5) is 15.9. The average Bonchev–Trinajstić information content (AvgIpc) is 2.28. The first-order valence-electron chi connectivity index (χ1n) is 5.49. The predicted molar refractivity (Wildman–Crippen MR) is 63.6 cm³/mol. The monoisotopic (exact) mass is 221 g/mol. The van der Waals surface area contributed by atoms with Gasteiger partial charge in [0.25, 0.3) is 0 Å². The van der Waals surface area contributed by atoms with Crippen LogP contribution in [-0.4, -0.2) is 16.9 Å². The molecule has 0 radical (unpaired) electrons. The van der Waals surface area contributed by atoms with Gasteiger partial charge in [-0.2, -0.15) is 0 Å². The first-order chi connectivity index (χ1) is 7.52. The van der Waals surface area contributed by atoms with E-state index in [1.165, 1.54) is 0 Å². The molecule has 16 heavy (non-hydrogen) atoms. The van der Waals surface area contributed by atoms with E-state index in [0.717, 1.165) is 5.69 Å².